The number of likely N-dealkylation sites (tertiary alicyclic amines) is 1. The van der Waals surface area contributed by atoms with Crippen LogP contribution in [0.5, 0.6) is 5.75 Å². The van der Waals surface area contributed by atoms with Crippen molar-refractivity contribution < 1.29 is 17.9 Å². The molecule has 0 spiro atoms. The van der Waals surface area contributed by atoms with E-state index in [2.05, 4.69) is 15.2 Å². The molecule has 1 atom stereocenters. The number of amides is 1. The third-order valence-electron chi connectivity index (χ3n) is 5.63. The van der Waals surface area contributed by atoms with Crippen molar-refractivity contribution in [1.82, 2.24) is 15.2 Å². The molecule has 160 valence electrons. The monoisotopic (exact) mass is 429 g/mol. The Hall–Kier alpha value is -2.45. The molecule has 0 radical (unpaired) electrons. The standard InChI is InChI=1S/C22H27N3O4S/c26-22(24-19-10-14-30(27,28)16-19)17-4-6-20(7-5-17)29-21-8-12-25(13-9-21)15-18-3-1-2-11-23-18/h1-7,11,19,21H,8-10,12-16H2,(H,24,26). The molecule has 2 saturated heterocycles. The SMILES string of the molecule is O=C(NC1CCS(=O)(=O)C1)c1ccc(OC2CCN(Cc3ccccn3)CC2)cc1. The molecule has 1 N–H and O–H groups in total. The van der Waals surface area contributed by atoms with Gasteiger partial charge in [-0.3, -0.25) is 14.7 Å². The Morgan fingerprint density at radius 1 is 1.10 bits per heavy atom. The Bertz CT molecular complexity index is 956. The lowest BCUT2D eigenvalue weighted by atomic mass is 10.1. The van der Waals surface area contributed by atoms with E-state index in [-0.39, 0.29) is 29.6 Å². The minimum atomic E-state index is -3.01. The number of rotatable bonds is 6. The highest BCUT2D eigenvalue weighted by atomic mass is 32.2. The molecule has 4 rings (SSSR count). The summed E-state index contributed by atoms with van der Waals surface area (Å²) < 4.78 is 29.2. The fourth-order valence-electron chi connectivity index (χ4n) is 3.96. The lowest BCUT2D eigenvalue weighted by Crippen LogP contribution is -2.38. The minimum absolute atomic E-state index is 0.0268. The second kappa shape index (κ2) is 9.14. The van der Waals surface area contributed by atoms with Gasteiger partial charge in [0.2, 0.25) is 0 Å². The van der Waals surface area contributed by atoms with E-state index in [0.717, 1.165) is 43.9 Å². The van der Waals surface area contributed by atoms with Gasteiger partial charge in [-0.05, 0) is 55.7 Å². The normalized spacial score (nSPS) is 21.9. The van der Waals surface area contributed by atoms with Crippen molar-refractivity contribution in [3.05, 3.63) is 59.9 Å². The number of nitrogens with one attached hydrogen (secondary N) is 1. The molecule has 2 aromatic rings. The molecule has 2 aliphatic heterocycles. The van der Waals surface area contributed by atoms with Crippen molar-refractivity contribution in [2.24, 2.45) is 0 Å². The molecule has 1 aromatic carbocycles. The van der Waals surface area contributed by atoms with Crippen LogP contribution in [0.3, 0.4) is 0 Å². The number of aromatic nitrogens is 1. The predicted octanol–water partition coefficient (Wildman–Crippen LogP) is 2.04. The van der Waals surface area contributed by atoms with Gasteiger partial charge >= 0.3 is 0 Å². The molecule has 1 aromatic heterocycles. The molecule has 0 bridgehead atoms. The summed E-state index contributed by atoms with van der Waals surface area (Å²) in [5, 5.41) is 2.81. The second-order valence-corrected chi connectivity index (χ2v) is 10.2. The van der Waals surface area contributed by atoms with Crippen LogP contribution in [0, 0.1) is 0 Å². The summed E-state index contributed by atoms with van der Waals surface area (Å²) in [7, 11) is -3.01. The molecule has 7 nitrogen and oxygen atoms in total. The molecule has 0 aliphatic carbocycles. The molecular weight excluding hydrogens is 402 g/mol. The molecule has 8 heteroatoms. The van der Waals surface area contributed by atoms with Gasteiger partial charge < -0.3 is 10.1 Å². The number of carbonyl (C=O) groups is 1. The van der Waals surface area contributed by atoms with E-state index < -0.39 is 9.84 Å². The zero-order chi connectivity index (χ0) is 21.0. The van der Waals surface area contributed by atoms with Gasteiger partial charge in [-0.2, -0.15) is 0 Å². The Balaban J connectivity index is 1.23. The molecule has 1 unspecified atom stereocenters. The first-order chi connectivity index (χ1) is 14.5. The van der Waals surface area contributed by atoms with E-state index in [1.165, 1.54) is 0 Å². The van der Waals surface area contributed by atoms with E-state index in [1.54, 1.807) is 24.3 Å². The maximum absolute atomic E-state index is 12.3. The highest BCUT2D eigenvalue weighted by molar-refractivity contribution is 7.91. The van der Waals surface area contributed by atoms with Gasteiger partial charge in [0.1, 0.15) is 11.9 Å². The maximum Gasteiger partial charge on any atom is 0.251 e. The van der Waals surface area contributed by atoms with Gasteiger partial charge in [0.15, 0.2) is 9.84 Å². The van der Waals surface area contributed by atoms with E-state index in [9.17, 15) is 13.2 Å². The minimum Gasteiger partial charge on any atom is -0.490 e. The zero-order valence-electron chi connectivity index (χ0n) is 16.9. The van der Waals surface area contributed by atoms with Gasteiger partial charge in [-0.1, -0.05) is 6.07 Å². The largest absolute Gasteiger partial charge is 0.490 e. The maximum atomic E-state index is 12.3. The van der Waals surface area contributed by atoms with Gasteiger partial charge in [-0.25, -0.2) is 8.42 Å². The number of piperidine rings is 1. The van der Waals surface area contributed by atoms with Crippen LogP contribution in [0.2, 0.25) is 0 Å². The summed E-state index contributed by atoms with van der Waals surface area (Å²) in [6.07, 6.45) is 4.36. The average Bonchev–Trinajstić information content (AvgIpc) is 3.09. The van der Waals surface area contributed by atoms with E-state index in [0.29, 0.717) is 12.0 Å². The second-order valence-electron chi connectivity index (χ2n) is 8.01. The average molecular weight is 430 g/mol. The summed E-state index contributed by atoms with van der Waals surface area (Å²) in [6, 6.07) is 12.8. The fourth-order valence-corrected chi connectivity index (χ4v) is 5.63. The van der Waals surface area contributed by atoms with E-state index >= 15 is 0 Å². The molecule has 3 heterocycles. The molecule has 2 fully saturated rings. The number of hydrogen-bond acceptors (Lipinski definition) is 6. The van der Waals surface area contributed by atoms with Crippen LogP contribution in [0.15, 0.2) is 48.7 Å². The molecular formula is C22H27N3O4S. The number of hydrogen-bond donors (Lipinski definition) is 1. The van der Waals surface area contributed by atoms with Crippen LogP contribution in [-0.4, -0.2) is 60.9 Å². The lowest BCUT2D eigenvalue weighted by molar-refractivity contribution is 0.0938. The first-order valence-corrected chi connectivity index (χ1v) is 12.2. The Morgan fingerprint density at radius 3 is 2.50 bits per heavy atom. The van der Waals surface area contributed by atoms with Gasteiger partial charge in [0, 0.05) is 37.4 Å². The predicted molar refractivity (Wildman–Crippen MR) is 114 cm³/mol. The van der Waals surface area contributed by atoms with Crippen molar-refractivity contribution in [2.45, 2.75) is 38.0 Å². The first kappa shape index (κ1) is 20.8. The van der Waals surface area contributed by atoms with Crippen LogP contribution < -0.4 is 10.1 Å². The number of carbonyl (C=O) groups excluding carboxylic acids is 1. The van der Waals surface area contributed by atoms with Crippen LogP contribution >= 0.6 is 0 Å². The van der Waals surface area contributed by atoms with Crippen molar-refractivity contribution in [1.29, 1.82) is 0 Å². The zero-order valence-corrected chi connectivity index (χ0v) is 17.7. The number of ether oxygens (including phenoxy) is 1. The van der Waals surface area contributed by atoms with Crippen molar-refractivity contribution in [3.8, 4) is 5.75 Å². The quantitative estimate of drug-likeness (QED) is 0.756. The highest BCUT2D eigenvalue weighted by Crippen LogP contribution is 2.21. The topological polar surface area (TPSA) is 88.6 Å². The Morgan fingerprint density at radius 2 is 1.87 bits per heavy atom. The highest BCUT2D eigenvalue weighted by Gasteiger charge is 2.29. The smallest absolute Gasteiger partial charge is 0.251 e. The lowest BCUT2D eigenvalue weighted by Gasteiger charge is -2.31. The van der Waals surface area contributed by atoms with Crippen LogP contribution in [0.4, 0.5) is 0 Å². The summed E-state index contributed by atoms with van der Waals surface area (Å²) >= 11 is 0. The number of benzene rings is 1. The van der Waals surface area contributed by atoms with Crippen LogP contribution in [0.25, 0.3) is 0 Å². The molecule has 30 heavy (non-hydrogen) atoms. The van der Waals surface area contributed by atoms with Crippen LogP contribution in [0.1, 0.15) is 35.3 Å². The number of sulfone groups is 1. The third kappa shape index (κ3) is 5.58. The Kier molecular flexibility index (Phi) is 6.34. The summed E-state index contributed by atoms with van der Waals surface area (Å²) in [6.45, 7) is 2.79. The summed E-state index contributed by atoms with van der Waals surface area (Å²) in [4.78, 5) is 19.1. The van der Waals surface area contributed by atoms with Crippen molar-refractivity contribution >= 4 is 15.7 Å². The molecule has 1 amide bonds. The molecule has 0 saturated carbocycles. The van der Waals surface area contributed by atoms with Crippen molar-refractivity contribution in [3.63, 3.8) is 0 Å². The van der Waals surface area contributed by atoms with E-state index in [4.69, 9.17) is 4.74 Å². The number of nitrogens with zero attached hydrogens (tertiary/aromatic N) is 2. The van der Waals surface area contributed by atoms with Gasteiger partial charge in [0.05, 0.1) is 17.2 Å². The van der Waals surface area contributed by atoms with Crippen LogP contribution in [-0.2, 0) is 16.4 Å². The molecule has 2 aliphatic rings. The fraction of sp³-hybridized carbons (Fsp3) is 0.455. The van der Waals surface area contributed by atoms with Crippen molar-refractivity contribution in [2.75, 3.05) is 24.6 Å². The van der Waals surface area contributed by atoms with Gasteiger partial charge in [0.25, 0.3) is 5.91 Å². The Labute approximate surface area is 177 Å². The summed E-state index contributed by atoms with van der Waals surface area (Å²) in [5.74, 6) is 0.675. The summed E-state index contributed by atoms with van der Waals surface area (Å²) in [5.41, 5.74) is 1.60. The third-order valence-corrected chi connectivity index (χ3v) is 7.40. The van der Waals surface area contributed by atoms with E-state index in [1.807, 2.05) is 24.4 Å². The van der Waals surface area contributed by atoms with Gasteiger partial charge in [-0.15, -0.1) is 0 Å². The first-order valence-electron chi connectivity index (χ1n) is 10.4. The number of pyridine rings is 1.